The molecule has 0 atom stereocenters. The van der Waals surface area contributed by atoms with Crippen molar-refractivity contribution in [2.24, 2.45) is 0 Å². The minimum absolute atomic E-state index is 0.0952. The lowest BCUT2D eigenvalue weighted by Crippen LogP contribution is -2.14. The lowest BCUT2D eigenvalue weighted by Gasteiger charge is -2.13. The Morgan fingerprint density at radius 2 is 1.97 bits per heavy atom. The molecule has 0 saturated carbocycles. The van der Waals surface area contributed by atoms with Gasteiger partial charge in [0.05, 0.1) is 11.4 Å². The second-order valence-corrected chi connectivity index (χ2v) is 11.8. The molecule has 0 radical (unpaired) electrons. The zero-order valence-electron chi connectivity index (χ0n) is 18.7. The summed E-state index contributed by atoms with van der Waals surface area (Å²) in [6.45, 7) is 2.99. The van der Waals surface area contributed by atoms with E-state index in [1.54, 1.807) is 0 Å². The third-order valence-corrected chi connectivity index (χ3v) is 9.03. The fraction of sp³-hybridized carbons (Fsp3) is 0.333. The Hall–Kier alpha value is -2.01. The van der Waals surface area contributed by atoms with Gasteiger partial charge in [-0.3, -0.25) is 4.79 Å². The molecule has 6 nitrogen and oxygen atoms in total. The van der Waals surface area contributed by atoms with Crippen LogP contribution in [0, 0.1) is 0 Å². The van der Waals surface area contributed by atoms with Gasteiger partial charge < -0.3 is 9.88 Å². The molecule has 1 amide bonds. The Balaban J connectivity index is 1.26. The number of fused-ring (bicyclic) bond motifs is 1. The lowest BCUT2D eigenvalue weighted by atomic mass is 9.95. The highest BCUT2D eigenvalue weighted by Crippen LogP contribution is 2.37. The van der Waals surface area contributed by atoms with Crippen molar-refractivity contribution in [1.29, 1.82) is 0 Å². The van der Waals surface area contributed by atoms with E-state index in [0.717, 1.165) is 46.1 Å². The van der Waals surface area contributed by atoms with Gasteiger partial charge in [0, 0.05) is 37.8 Å². The number of nitrogens with one attached hydrogen (secondary N) is 1. The maximum atomic E-state index is 12.6. The molecule has 0 unspecified atom stereocenters. The molecule has 1 aliphatic carbocycles. The first-order valence-corrected chi connectivity index (χ1v) is 14.8. The molecule has 1 aromatic carbocycles. The van der Waals surface area contributed by atoms with E-state index in [9.17, 15) is 4.79 Å². The third-order valence-electron chi connectivity index (χ3n) is 5.69. The number of amides is 1. The van der Waals surface area contributed by atoms with Crippen LogP contribution < -0.4 is 5.32 Å². The second kappa shape index (κ2) is 10.7. The number of carbonyl (C=O) groups excluding carboxylic acids is 1. The minimum Gasteiger partial charge on any atom is -0.302 e. The molecule has 0 bridgehead atoms. The Bertz CT molecular complexity index is 1290. The summed E-state index contributed by atoms with van der Waals surface area (Å²) in [4.78, 5) is 18.7. The Morgan fingerprint density at radius 1 is 1.15 bits per heavy atom. The largest absolute Gasteiger partial charge is 0.302 e. The van der Waals surface area contributed by atoms with Crippen LogP contribution in [0.1, 0.15) is 36.6 Å². The molecule has 3 heterocycles. The number of nitrogens with zero attached hydrogens (tertiary/aromatic N) is 4. The van der Waals surface area contributed by atoms with Crippen molar-refractivity contribution < 1.29 is 4.79 Å². The van der Waals surface area contributed by atoms with Crippen LogP contribution in [-0.4, -0.2) is 31.4 Å². The number of hydrogen-bond donors (Lipinski definition) is 1. The predicted octanol–water partition coefficient (Wildman–Crippen LogP) is 6.91. The third kappa shape index (κ3) is 5.15. The zero-order valence-corrected chi connectivity index (χ0v) is 22.7. The van der Waals surface area contributed by atoms with Gasteiger partial charge in [0.25, 0.3) is 0 Å². The summed E-state index contributed by atoms with van der Waals surface area (Å²) in [5, 5.41) is 17.5. The normalized spacial score (nSPS) is 13.1. The van der Waals surface area contributed by atoms with Crippen LogP contribution in [0.15, 0.2) is 44.7 Å². The van der Waals surface area contributed by atoms with E-state index in [1.165, 1.54) is 58.4 Å². The summed E-state index contributed by atoms with van der Waals surface area (Å²) in [6, 6.07) is 7.97. The van der Waals surface area contributed by atoms with Crippen LogP contribution >= 0.6 is 50.4 Å². The first-order valence-electron chi connectivity index (χ1n) is 11.3. The summed E-state index contributed by atoms with van der Waals surface area (Å²) >= 11 is 8.15. The molecule has 1 aliphatic rings. The second-order valence-electron chi connectivity index (χ2n) is 8.10. The van der Waals surface area contributed by atoms with Gasteiger partial charge in [-0.05, 0) is 49.8 Å². The highest BCUT2D eigenvalue weighted by molar-refractivity contribution is 9.10. The summed E-state index contributed by atoms with van der Waals surface area (Å²) in [5.41, 5.74) is 4.54. The van der Waals surface area contributed by atoms with Crippen LogP contribution in [0.5, 0.6) is 0 Å². The first kappa shape index (κ1) is 23.7. The molecule has 1 N–H and O–H groups in total. The number of rotatable bonds is 8. The van der Waals surface area contributed by atoms with Crippen molar-refractivity contribution >= 4 is 61.4 Å². The topological polar surface area (TPSA) is 72.7 Å². The molecule has 10 heteroatoms. The van der Waals surface area contributed by atoms with Crippen LogP contribution in [0.2, 0.25) is 0 Å². The van der Waals surface area contributed by atoms with Crippen molar-refractivity contribution in [3.63, 3.8) is 0 Å². The number of aromatic nitrogens is 4. The van der Waals surface area contributed by atoms with Gasteiger partial charge in [-0.2, -0.15) is 0 Å². The van der Waals surface area contributed by atoms with E-state index in [0.29, 0.717) is 5.13 Å². The van der Waals surface area contributed by atoms with Crippen molar-refractivity contribution in [1.82, 2.24) is 19.7 Å². The highest BCUT2D eigenvalue weighted by Gasteiger charge is 2.22. The molecule has 4 aromatic rings. The van der Waals surface area contributed by atoms with E-state index in [4.69, 9.17) is 0 Å². The van der Waals surface area contributed by atoms with E-state index in [-0.39, 0.29) is 11.7 Å². The lowest BCUT2D eigenvalue weighted by molar-refractivity contribution is -0.113. The number of hydrogen-bond acceptors (Lipinski definition) is 7. The van der Waals surface area contributed by atoms with Crippen molar-refractivity contribution in [3.8, 4) is 22.6 Å². The van der Waals surface area contributed by atoms with E-state index in [1.807, 2.05) is 41.0 Å². The fourth-order valence-electron chi connectivity index (χ4n) is 4.07. The van der Waals surface area contributed by atoms with Crippen molar-refractivity contribution in [2.45, 2.75) is 50.7 Å². The van der Waals surface area contributed by atoms with E-state index in [2.05, 4.69) is 53.3 Å². The SMILES string of the molecule is CCCn1c(SCC(=O)Nc2nc(-c3ccc(Br)cc3)cs2)nnc1-c1csc2c1CCCC2. The van der Waals surface area contributed by atoms with Gasteiger partial charge in [-0.15, -0.1) is 32.9 Å². The molecule has 0 fully saturated rings. The first-order chi connectivity index (χ1) is 16.6. The molecule has 34 heavy (non-hydrogen) atoms. The number of halogens is 1. The smallest absolute Gasteiger partial charge is 0.236 e. The minimum atomic E-state index is -0.0952. The fourth-order valence-corrected chi connectivity index (χ4v) is 6.96. The van der Waals surface area contributed by atoms with E-state index >= 15 is 0 Å². The molecule has 0 spiro atoms. The van der Waals surface area contributed by atoms with Gasteiger partial charge in [0.2, 0.25) is 5.91 Å². The molecule has 3 aromatic heterocycles. The number of thioether (sulfide) groups is 1. The number of anilines is 1. The maximum Gasteiger partial charge on any atom is 0.236 e. The van der Waals surface area contributed by atoms with Crippen LogP contribution in [0.4, 0.5) is 5.13 Å². The number of benzene rings is 1. The highest BCUT2D eigenvalue weighted by atomic mass is 79.9. The Labute approximate surface area is 219 Å². The Morgan fingerprint density at radius 3 is 2.79 bits per heavy atom. The monoisotopic (exact) mass is 573 g/mol. The summed E-state index contributed by atoms with van der Waals surface area (Å²) < 4.78 is 3.19. The molecule has 0 saturated heterocycles. The maximum absolute atomic E-state index is 12.6. The van der Waals surface area contributed by atoms with Gasteiger partial charge in [0.1, 0.15) is 0 Å². The summed E-state index contributed by atoms with van der Waals surface area (Å²) in [5.74, 6) is 1.10. The van der Waals surface area contributed by atoms with Gasteiger partial charge >= 0.3 is 0 Å². The number of carbonyl (C=O) groups is 1. The van der Waals surface area contributed by atoms with E-state index < -0.39 is 0 Å². The van der Waals surface area contributed by atoms with Gasteiger partial charge in [0.15, 0.2) is 16.1 Å². The summed E-state index contributed by atoms with van der Waals surface area (Å²) in [6.07, 6.45) is 5.78. The van der Waals surface area contributed by atoms with Crippen LogP contribution in [0.3, 0.4) is 0 Å². The van der Waals surface area contributed by atoms with Crippen LogP contribution in [0.25, 0.3) is 22.6 Å². The molecule has 0 aliphatic heterocycles. The average molecular weight is 575 g/mol. The quantitative estimate of drug-likeness (QED) is 0.232. The van der Waals surface area contributed by atoms with Crippen LogP contribution in [-0.2, 0) is 24.2 Å². The zero-order chi connectivity index (χ0) is 23.5. The summed E-state index contributed by atoms with van der Waals surface area (Å²) in [7, 11) is 0. The Kier molecular flexibility index (Phi) is 7.48. The average Bonchev–Trinajstić information content (AvgIpc) is 3.57. The number of thiazole rings is 1. The van der Waals surface area contributed by atoms with Crippen molar-refractivity contribution in [3.05, 3.63) is 49.9 Å². The number of thiophene rings is 1. The van der Waals surface area contributed by atoms with Gasteiger partial charge in [-0.1, -0.05) is 46.7 Å². The standard InChI is InChI=1S/C24H24BrN5OS3/c1-2-11-30-22(18-12-32-20-6-4-3-5-17(18)20)28-29-24(30)34-14-21(31)27-23-26-19(13-33-23)15-7-9-16(25)10-8-15/h7-10,12-13H,2-6,11,14H2,1H3,(H,26,27,31). The van der Waals surface area contributed by atoms with Gasteiger partial charge in [-0.25, -0.2) is 4.98 Å². The van der Waals surface area contributed by atoms with Crippen molar-refractivity contribution in [2.75, 3.05) is 11.1 Å². The number of aryl methyl sites for hydroxylation is 1. The molecule has 5 rings (SSSR count). The molecular formula is C24H24BrN5OS3. The molecule has 176 valence electrons. The predicted molar refractivity (Wildman–Crippen MR) is 145 cm³/mol. The molecular weight excluding hydrogens is 550 g/mol.